The highest BCUT2D eigenvalue weighted by Crippen LogP contribution is 2.55. The maximum atomic E-state index is 13.3. The van der Waals surface area contributed by atoms with E-state index in [1.165, 1.54) is 0 Å². The van der Waals surface area contributed by atoms with E-state index in [4.69, 9.17) is 16.3 Å². The summed E-state index contributed by atoms with van der Waals surface area (Å²) in [6.45, 7) is 9.89. The number of carbonyl (C=O) groups excluding carboxylic acids is 3. The monoisotopic (exact) mass is 408 g/mol. The molecule has 0 aliphatic heterocycles. The minimum absolute atomic E-state index is 0.00388. The molecule has 3 aliphatic carbocycles. The van der Waals surface area contributed by atoms with E-state index in [1.54, 1.807) is 6.08 Å². The SMILES string of the molecule is C=C1C(=O)C2=C[C@H]1CCC(=O)[C@]1(C)[C@H](O)CCC(C)(C)[C@H]1C[C@H]2OC(=O)CCl. The lowest BCUT2D eigenvalue weighted by atomic mass is 9.52. The molecular formula is C22H29ClO5. The lowest BCUT2D eigenvalue weighted by Crippen LogP contribution is -2.56. The number of aliphatic hydroxyl groups excluding tert-OH is 1. The maximum Gasteiger partial charge on any atom is 0.321 e. The predicted octanol–water partition coefficient (Wildman–Crippen LogP) is 3.37. The van der Waals surface area contributed by atoms with Crippen molar-refractivity contribution in [1.82, 2.24) is 0 Å². The van der Waals surface area contributed by atoms with Gasteiger partial charge in [0.05, 0.1) is 11.5 Å². The summed E-state index contributed by atoms with van der Waals surface area (Å²) >= 11 is 5.65. The fourth-order valence-electron chi connectivity index (χ4n) is 5.43. The molecule has 1 saturated carbocycles. The van der Waals surface area contributed by atoms with E-state index in [1.807, 2.05) is 6.92 Å². The summed E-state index contributed by atoms with van der Waals surface area (Å²) in [6.07, 6.45) is 2.61. The van der Waals surface area contributed by atoms with Crippen LogP contribution < -0.4 is 0 Å². The average Bonchev–Trinajstić information content (AvgIpc) is 2.93. The quantitative estimate of drug-likeness (QED) is 0.430. The van der Waals surface area contributed by atoms with Gasteiger partial charge in [0.15, 0.2) is 5.78 Å². The van der Waals surface area contributed by atoms with Crippen molar-refractivity contribution in [3.05, 3.63) is 23.8 Å². The summed E-state index contributed by atoms with van der Waals surface area (Å²) in [4.78, 5) is 38.1. The highest BCUT2D eigenvalue weighted by atomic mass is 35.5. The zero-order chi connectivity index (χ0) is 20.9. The molecule has 1 N–H and O–H groups in total. The molecule has 6 heteroatoms. The van der Waals surface area contributed by atoms with Crippen molar-refractivity contribution in [2.75, 3.05) is 5.88 Å². The van der Waals surface area contributed by atoms with E-state index in [0.717, 1.165) is 6.42 Å². The fourth-order valence-corrected chi connectivity index (χ4v) is 5.49. The average molecular weight is 409 g/mol. The number of esters is 1. The Bertz CT molecular complexity index is 752. The first-order valence-electron chi connectivity index (χ1n) is 9.94. The van der Waals surface area contributed by atoms with E-state index < -0.39 is 23.6 Å². The van der Waals surface area contributed by atoms with Crippen molar-refractivity contribution in [2.45, 2.75) is 65.1 Å². The van der Waals surface area contributed by atoms with Crippen LogP contribution in [0.4, 0.5) is 0 Å². The molecule has 5 atom stereocenters. The molecule has 1 fully saturated rings. The number of ketones is 2. The summed E-state index contributed by atoms with van der Waals surface area (Å²) in [5.41, 5.74) is -0.340. The number of hydrogen-bond acceptors (Lipinski definition) is 5. The van der Waals surface area contributed by atoms with Crippen LogP contribution in [-0.2, 0) is 19.1 Å². The molecule has 0 aromatic rings. The number of ether oxygens (including phenoxy) is 1. The van der Waals surface area contributed by atoms with Gasteiger partial charge in [-0.1, -0.05) is 26.5 Å². The minimum Gasteiger partial charge on any atom is -0.456 e. The van der Waals surface area contributed by atoms with Gasteiger partial charge in [-0.25, -0.2) is 0 Å². The maximum absolute atomic E-state index is 13.3. The van der Waals surface area contributed by atoms with Crippen molar-refractivity contribution in [3.8, 4) is 0 Å². The van der Waals surface area contributed by atoms with Gasteiger partial charge in [0, 0.05) is 17.9 Å². The van der Waals surface area contributed by atoms with Gasteiger partial charge in [-0.05, 0) is 49.5 Å². The predicted molar refractivity (Wildman–Crippen MR) is 106 cm³/mol. The summed E-state index contributed by atoms with van der Waals surface area (Å²) in [7, 11) is 0. The number of allylic oxidation sites excluding steroid dienone is 2. The van der Waals surface area contributed by atoms with Gasteiger partial charge >= 0.3 is 5.97 Å². The van der Waals surface area contributed by atoms with Gasteiger partial charge in [0.2, 0.25) is 0 Å². The van der Waals surface area contributed by atoms with Crippen LogP contribution in [0.15, 0.2) is 23.8 Å². The first-order valence-corrected chi connectivity index (χ1v) is 10.5. The summed E-state index contributed by atoms with van der Waals surface area (Å²) in [5.74, 6) is -1.60. The zero-order valence-electron chi connectivity index (χ0n) is 16.8. The van der Waals surface area contributed by atoms with E-state index in [2.05, 4.69) is 20.4 Å². The first-order chi connectivity index (χ1) is 13.0. The molecule has 0 aromatic heterocycles. The number of alkyl halides is 1. The normalized spacial score (nSPS) is 37.9. The number of rotatable bonds is 2. The number of carbonyl (C=O) groups is 3. The van der Waals surface area contributed by atoms with Crippen LogP contribution in [0.2, 0.25) is 0 Å². The molecule has 0 aromatic carbocycles. The van der Waals surface area contributed by atoms with E-state index in [-0.39, 0.29) is 41.1 Å². The van der Waals surface area contributed by atoms with Crippen molar-refractivity contribution in [1.29, 1.82) is 0 Å². The molecule has 3 aliphatic rings. The van der Waals surface area contributed by atoms with Crippen LogP contribution in [0.25, 0.3) is 0 Å². The van der Waals surface area contributed by atoms with Crippen LogP contribution in [0.3, 0.4) is 0 Å². The largest absolute Gasteiger partial charge is 0.456 e. The Morgan fingerprint density at radius 1 is 1.32 bits per heavy atom. The summed E-state index contributed by atoms with van der Waals surface area (Å²) in [5, 5.41) is 10.9. The Morgan fingerprint density at radius 2 is 2.00 bits per heavy atom. The highest BCUT2D eigenvalue weighted by Gasteiger charge is 2.56. The van der Waals surface area contributed by atoms with Crippen molar-refractivity contribution in [2.24, 2.45) is 22.7 Å². The standard InChI is InChI=1S/C22H29ClO5/c1-12-13-5-6-17(24)22(4)16(21(2,3)8-7-18(22)25)10-15(28-19(26)11-23)14(9-13)20(12)27/h9,13,15-16,18,25H,1,5-8,10-11H2,2-4H3/t13-,15-,16-,18-,22-/m1/s1. The van der Waals surface area contributed by atoms with Crippen LogP contribution in [0.1, 0.15) is 52.9 Å². The number of aliphatic hydroxyl groups is 1. The number of fused-ring (bicyclic) bond motifs is 2. The van der Waals surface area contributed by atoms with Crippen molar-refractivity contribution < 1.29 is 24.2 Å². The second kappa shape index (κ2) is 7.42. The summed E-state index contributed by atoms with van der Waals surface area (Å²) in [6, 6.07) is 0. The van der Waals surface area contributed by atoms with Gasteiger partial charge in [-0.15, -0.1) is 11.6 Å². The molecule has 0 radical (unpaired) electrons. The molecule has 2 bridgehead atoms. The molecule has 5 nitrogen and oxygen atoms in total. The molecule has 0 amide bonds. The third-order valence-corrected chi connectivity index (χ3v) is 7.48. The molecular weight excluding hydrogens is 380 g/mol. The van der Waals surface area contributed by atoms with Gasteiger partial charge in [0.1, 0.15) is 17.8 Å². The van der Waals surface area contributed by atoms with Crippen molar-refractivity contribution >= 4 is 29.1 Å². The molecule has 0 saturated heterocycles. The summed E-state index contributed by atoms with van der Waals surface area (Å²) < 4.78 is 5.59. The van der Waals surface area contributed by atoms with E-state index >= 15 is 0 Å². The number of Topliss-reactive ketones (excluding diaryl/α,β-unsaturated/α-hetero) is 2. The fraction of sp³-hybridized carbons (Fsp3) is 0.682. The smallest absolute Gasteiger partial charge is 0.321 e. The first kappa shape index (κ1) is 21.3. The molecule has 0 unspecified atom stereocenters. The van der Waals surface area contributed by atoms with Crippen LogP contribution in [0.5, 0.6) is 0 Å². The zero-order valence-corrected chi connectivity index (χ0v) is 17.6. The third kappa shape index (κ3) is 3.37. The Hall–Kier alpha value is -1.46. The van der Waals surface area contributed by atoms with Crippen LogP contribution in [-0.4, -0.2) is 40.7 Å². The topological polar surface area (TPSA) is 80.7 Å². The Balaban J connectivity index is 2.10. The van der Waals surface area contributed by atoms with Gasteiger partial charge in [0.25, 0.3) is 0 Å². The molecule has 3 rings (SSSR count). The Labute approximate surface area is 171 Å². The van der Waals surface area contributed by atoms with Crippen molar-refractivity contribution in [3.63, 3.8) is 0 Å². The molecule has 28 heavy (non-hydrogen) atoms. The molecule has 0 heterocycles. The lowest BCUT2D eigenvalue weighted by Gasteiger charge is -2.53. The minimum atomic E-state index is -0.949. The second-order valence-corrected chi connectivity index (χ2v) is 9.54. The lowest BCUT2D eigenvalue weighted by molar-refractivity contribution is -0.161. The molecule has 0 spiro atoms. The van der Waals surface area contributed by atoms with E-state index in [9.17, 15) is 19.5 Å². The van der Waals surface area contributed by atoms with Gasteiger partial charge in [-0.2, -0.15) is 0 Å². The van der Waals surface area contributed by atoms with E-state index in [0.29, 0.717) is 30.4 Å². The Kier molecular flexibility index (Phi) is 5.63. The second-order valence-electron chi connectivity index (χ2n) is 9.27. The number of halogens is 1. The van der Waals surface area contributed by atoms with Crippen LogP contribution >= 0.6 is 11.6 Å². The molecule has 154 valence electrons. The van der Waals surface area contributed by atoms with Gasteiger partial charge < -0.3 is 9.84 Å². The highest BCUT2D eigenvalue weighted by molar-refractivity contribution is 6.26. The Morgan fingerprint density at radius 3 is 2.64 bits per heavy atom. The van der Waals surface area contributed by atoms with Crippen LogP contribution in [0, 0.1) is 22.7 Å². The van der Waals surface area contributed by atoms with Gasteiger partial charge in [-0.3, -0.25) is 14.4 Å². The third-order valence-electron chi connectivity index (χ3n) is 7.27. The number of hydrogen-bond donors (Lipinski definition) is 1.